The molecule has 1 amide bonds. The Hall–Kier alpha value is -3.01. The van der Waals surface area contributed by atoms with Crippen LogP contribution in [0.25, 0.3) is 11.3 Å². The van der Waals surface area contributed by atoms with Gasteiger partial charge in [0, 0.05) is 22.8 Å². The molecular weight excluding hydrogens is 634 g/mol. The molecule has 0 bridgehead atoms. The first-order chi connectivity index (χ1) is 20.6. The minimum Gasteiger partial charge on any atom is -0.494 e. The highest BCUT2D eigenvalue weighted by atomic mass is 79.9. The smallest absolute Gasteiger partial charge is 0.259 e. The fraction of sp³-hybridized carbons (Fsp3) is 0.483. The maximum Gasteiger partial charge on any atom is 0.259 e. The molecule has 5 rings (SSSR count). The molecule has 2 aromatic carbocycles. The molecule has 3 aromatic rings. The summed E-state index contributed by atoms with van der Waals surface area (Å²) in [5.74, 6) is -3.15. The van der Waals surface area contributed by atoms with Crippen molar-refractivity contribution in [3.8, 4) is 17.0 Å². The molecule has 1 aliphatic heterocycles. The van der Waals surface area contributed by atoms with Gasteiger partial charge in [0.2, 0.25) is 5.82 Å². The number of anilines is 1. The number of benzene rings is 2. The van der Waals surface area contributed by atoms with Crippen LogP contribution < -0.4 is 9.64 Å². The Balaban J connectivity index is 1.54. The molecule has 2 aliphatic rings. The summed E-state index contributed by atoms with van der Waals surface area (Å²) in [4.78, 5) is 15.9. The summed E-state index contributed by atoms with van der Waals surface area (Å²) in [6.07, 6.45) is -2.64. The minimum absolute atomic E-state index is 0.134. The van der Waals surface area contributed by atoms with Gasteiger partial charge in [0.15, 0.2) is 17.7 Å². The van der Waals surface area contributed by atoms with E-state index in [1.165, 1.54) is 36.1 Å². The average molecular weight is 668 g/mol. The van der Waals surface area contributed by atoms with E-state index >= 15 is 0 Å². The average Bonchev–Trinajstić information content (AvgIpc) is 3.63. The van der Waals surface area contributed by atoms with Crippen LogP contribution in [0.2, 0.25) is 0 Å². The SMILES string of the molecule is COc1cc(-c2cn([C@H]3[C@@H](O)[C@@H](CO)O[C@@H](C(=O)N(c4cc(C)cc(Br)c4)[C@@H]4CCC[C@H]4O)[C@@H]3OC)nn2)cc(F)c1F. The van der Waals surface area contributed by atoms with Gasteiger partial charge in [-0.05, 0) is 62.1 Å². The van der Waals surface area contributed by atoms with Crippen molar-refractivity contribution in [3.05, 3.63) is 58.2 Å². The summed E-state index contributed by atoms with van der Waals surface area (Å²) in [5, 5.41) is 40.4. The van der Waals surface area contributed by atoms with Crippen LogP contribution in [0.3, 0.4) is 0 Å². The van der Waals surface area contributed by atoms with Gasteiger partial charge in [-0.1, -0.05) is 21.1 Å². The molecule has 0 spiro atoms. The molecule has 43 heavy (non-hydrogen) atoms. The third kappa shape index (κ3) is 6.04. The standard InChI is InChI=1S/C29H33BrF2N4O7/c1-14-7-16(30)11-17(8-14)36(20-5-4-6-21(20)38)29(40)28-27(42-3)25(26(39)23(13-37)43-28)35-12-19(33-34-35)15-9-18(31)24(32)22(10-15)41-2/h7-12,20-21,23,25-28,37-39H,4-6,13H2,1-3H3/t20-,21-,23-,25+,26+,27-,28-/m1/s1. The zero-order valence-electron chi connectivity index (χ0n) is 23.7. The highest BCUT2D eigenvalue weighted by Gasteiger charge is 2.52. The Morgan fingerprint density at radius 2 is 1.95 bits per heavy atom. The number of aliphatic hydroxyl groups is 3. The molecule has 0 unspecified atom stereocenters. The van der Waals surface area contributed by atoms with E-state index < -0.39 is 66.8 Å². The molecule has 2 heterocycles. The lowest BCUT2D eigenvalue weighted by molar-refractivity contribution is -0.211. The largest absolute Gasteiger partial charge is 0.494 e. The van der Waals surface area contributed by atoms with Crippen LogP contribution >= 0.6 is 15.9 Å². The third-order valence-electron chi connectivity index (χ3n) is 8.03. The summed E-state index contributed by atoms with van der Waals surface area (Å²) in [5.41, 5.74) is 1.72. The Morgan fingerprint density at radius 3 is 2.58 bits per heavy atom. The molecule has 2 fully saturated rings. The number of carbonyl (C=O) groups excluding carboxylic acids is 1. The Morgan fingerprint density at radius 1 is 1.19 bits per heavy atom. The fourth-order valence-electron chi connectivity index (χ4n) is 5.97. The normalized spacial score (nSPS) is 27.3. The number of aromatic nitrogens is 3. The predicted molar refractivity (Wildman–Crippen MR) is 154 cm³/mol. The monoisotopic (exact) mass is 666 g/mol. The lowest BCUT2D eigenvalue weighted by atomic mass is 9.91. The number of rotatable bonds is 8. The van der Waals surface area contributed by atoms with Crippen molar-refractivity contribution in [1.82, 2.24) is 15.0 Å². The van der Waals surface area contributed by atoms with E-state index in [4.69, 9.17) is 14.2 Å². The molecule has 11 nitrogen and oxygen atoms in total. The van der Waals surface area contributed by atoms with Crippen LogP contribution in [0.4, 0.5) is 14.5 Å². The number of aliphatic hydroxyl groups excluding tert-OH is 3. The maximum atomic E-state index is 14.4. The van der Waals surface area contributed by atoms with Crippen LogP contribution in [0.1, 0.15) is 30.9 Å². The molecule has 1 aromatic heterocycles. The number of nitrogens with zero attached hydrogens (tertiary/aromatic N) is 4. The molecule has 1 aliphatic carbocycles. The Kier molecular flexibility index (Phi) is 9.44. The van der Waals surface area contributed by atoms with Crippen LogP contribution in [-0.4, -0.2) is 93.6 Å². The summed E-state index contributed by atoms with van der Waals surface area (Å²) in [6.45, 7) is 1.26. The summed E-state index contributed by atoms with van der Waals surface area (Å²) in [6, 6.07) is 6.07. The van der Waals surface area contributed by atoms with Gasteiger partial charge >= 0.3 is 0 Å². The van der Waals surface area contributed by atoms with Gasteiger partial charge in [0.25, 0.3) is 5.91 Å². The van der Waals surface area contributed by atoms with E-state index in [2.05, 4.69) is 26.2 Å². The second-order valence-electron chi connectivity index (χ2n) is 10.8. The topological polar surface area (TPSA) is 139 Å². The molecule has 7 atom stereocenters. The first-order valence-electron chi connectivity index (χ1n) is 13.8. The van der Waals surface area contributed by atoms with Gasteiger partial charge in [-0.3, -0.25) is 4.79 Å². The fourth-order valence-corrected chi connectivity index (χ4v) is 6.57. The van der Waals surface area contributed by atoms with Crippen molar-refractivity contribution in [2.45, 2.75) is 68.8 Å². The van der Waals surface area contributed by atoms with Gasteiger partial charge in [0.05, 0.1) is 32.1 Å². The number of hydrogen-bond donors (Lipinski definition) is 3. The highest BCUT2D eigenvalue weighted by molar-refractivity contribution is 9.10. The van der Waals surface area contributed by atoms with Gasteiger partial charge in [-0.25, -0.2) is 9.07 Å². The molecule has 232 valence electrons. The van der Waals surface area contributed by atoms with Crippen molar-refractivity contribution < 1.29 is 43.1 Å². The lowest BCUT2D eigenvalue weighted by Crippen LogP contribution is -2.62. The summed E-state index contributed by atoms with van der Waals surface area (Å²) in [7, 11) is 2.55. The van der Waals surface area contributed by atoms with Gasteiger partial charge < -0.3 is 34.4 Å². The third-order valence-corrected chi connectivity index (χ3v) is 8.48. The number of ether oxygens (including phenoxy) is 3. The molecule has 1 saturated heterocycles. The van der Waals surface area contributed by atoms with Crippen LogP contribution in [0.15, 0.2) is 41.0 Å². The number of halogens is 3. The predicted octanol–water partition coefficient (Wildman–Crippen LogP) is 2.93. The molecule has 3 N–H and O–H groups in total. The van der Waals surface area contributed by atoms with Crippen LogP contribution in [0, 0.1) is 18.6 Å². The van der Waals surface area contributed by atoms with Gasteiger partial charge in [0.1, 0.15) is 30.0 Å². The zero-order valence-corrected chi connectivity index (χ0v) is 25.3. The summed E-state index contributed by atoms with van der Waals surface area (Å²) >= 11 is 3.49. The first-order valence-corrected chi connectivity index (χ1v) is 14.6. The number of amides is 1. The second kappa shape index (κ2) is 12.9. The summed E-state index contributed by atoms with van der Waals surface area (Å²) < 4.78 is 46.9. The Labute approximate surface area is 255 Å². The van der Waals surface area contributed by atoms with E-state index in [1.807, 2.05) is 19.1 Å². The number of hydrogen-bond acceptors (Lipinski definition) is 9. The van der Waals surface area contributed by atoms with E-state index in [9.17, 15) is 28.9 Å². The number of aryl methyl sites for hydroxylation is 1. The quantitative estimate of drug-likeness (QED) is 0.331. The van der Waals surface area contributed by atoms with Crippen molar-refractivity contribution in [2.24, 2.45) is 0 Å². The highest BCUT2D eigenvalue weighted by Crippen LogP contribution is 2.38. The van der Waals surface area contributed by atoms with Crippen molar-refractivity contribution in [2.75, 3.05) is 25.7 Å². The first kappa shape index (κ1) is 31.4. The number of methoxy groups -OCH3 is 2. The van der Waals surface area contributed by atoms with Crippen molar-refractivity contribution in [3.63, 3.8) is 0 Å². The van der Waals surface area contributed by atoms with Crippen LogP contribution in [-0.2, 0) is 14.3 Å². The minimum atomic E-state index is -1.40. The lowest BCUT2D eigenvalue weighted by Gasteiger charge is -2.45. The van der Waals surface area contributed by atoms with Gasteiger partial charge in [-0.2, -0.15) is 4.39 Å². The van der Waals surface area contributed by atoms with E-state index in [0.717, 1.165) is 22.5 Å². The molecule has 0 radical (unpaired) electrons. The van der Waals surface area contributed by atoms with Crippen LogP contribution in [0.5, 0.6) is 5.75 Å². The van der Waals surface area contributed by atoms with E-state index in [-0.39, 0.29) is 17.0 Å². The van der Waals surface area contributed by atoms with Crippen molar-refractivity contribution in [1.29, 1.82) is 0 Å². The maximum absolute atomic E-state index is 14.4. The molecule has 1 saturated carbocycles. The molecule has 14 heteroatoms. The van der Waals surface area contributed by atoms with E-state index in [0.29, 0.717) is 18.5 Å². The van der Waals surface area contributed by atoms with Gasteiger partial charge in [-0.15, -0.1) is 5.10 Å². The number of carbonyl (C=O) groups is 1. The molecular formula is C29H33BrF2N4O7. The zero-order chi connectivity index (χ0) is 31.0. The second-order valence-corrected chi connectivity index (χ2v) is 11.7. The van der Waals surface area contributed by atoms with Crippen molar-refractivity contribution >= 4 is 27.5 Å². The Bertz CT molecular complexity index is 1460. The van der Waals surface area contributed by atoms with E-state index in [1.54, 1.807) is 6.07 Å².